The Morgan fingerprint density at radius 2 is 1.97 bits per heavy atom. The first-order chi connectivity index (χ1) is 14.6. The van der Waals surface area contributed by atoms with Crippen molar-refractivity contribution < 1.29 is 14.6 Å². The van der Waals surface area contributed by atoms with Crippen molar-refractivity contribution in [3.63, 3.8) is 0 Å². The van der Waals surface area contributed by atoms with Gasteiger partial charge >= 0.3 is 0 Å². The number of hydrogen-bond donors (Lipinski definition) is 2. The number of benzene rings is 1. The third-order valence-corrected chi connectivity index (χ3v) is 7.75. The lowest BCUT2D eigenvalue weighted by atomic mass is 9.64. The number of phenols is 1. The molecule has 5 heteroatoms. The van der Waals surface area contributed by atoms with Gasteiger partial charge in [0.15, 0.2) is 0 Å². The molecule has 0 unspecified atom stereocenters. The molecule has 1 aromatic rings. The lowest BCUT2D eigenvalue weighted by Crippen LogP contribution is -2.46. The van der Waals surface area contributed by atoms with Crippen molar-refractivity contribution in [2.24, 2.45) is 17.3 Å². The highest BCUT2D eigenvalue weighted by atomic mass is 16.5. The molecule has 5 nitrogen and oxygen atoms in total. The van der Waals surface area contributed by atoms with Crippen LogP contribution < -0.4 is 10.1 Å². The van der Waals surface area contributed by atoms with Gasteiger partial charge in [-0.2, -0.15) is 0 Å². The lowest BCUT2D eigenvalue weighted by Gasteiger charge is -2.48. The Morgan fingerprint density at radius 1 is 1.26 bits per heavy atom. The Kier molecular flexibility index (Phi) is 6.01. The van der Waals surface area contributed by atoms with Crippen LogP contribution in [-0.2, 0) is 0 Å². The number of carbonyl (C=O) groups excluding carboxylic acids is 1. The molecule has 1 amide bonds. The molecule has 2 fully saturated rings. The molecule has 1 aromatic carbocycles. The lowest BCUT2D eigenvalue weighted by molar-refractivity contribution is -0.0145. The number of likely N-dealkylation sites (tertiary alicyclic amines) is 1. The van der Waals surface area contributed by atoms with E-state index in [4.69, 9.17) is 4.74 Å². The number of carbonyl (C=O) groups is 1. The van der Waals surface area contributed by atoms with E-state index >= 15 is 0 Å². The van der Waals surface area contributed by atoms with Crippen molar-refractivity contribution in [2.45, 2.75) is 78.2 Å². The number of hydrogen-bond acceptors (Lipinski definition) is 4. The summed E-state index contributed by atoms with van der Waals surface area (Å²) in [6.45, 7) is 14.9. The zero-order valence-electron chi connectivity index (χ0n) is 20.0. The van der Waals surface area contributed by atoms with E-state index < -0.39 is 0 Å². The normalized spacial score (nSPS) is 27.8. The third-order valence-electron chi connectivity index (χ3n) is 7.75. The number of nitrogens with one attached hydrogen (secondary N) is 1. The van der Waals surface area contributed by atoms with Gasteiger partial charge in [-0.25, -0.2) is 0 Å². The first kappa shape index (κ1) is 22.4. The van der Waals surface area contributed by atoms with E-state index in [1.54, 1.807) is 6.07 Å². The van der Waals surface area contributed by atoms with Crippen LogP contribution in [0.1, 0.15) is 88.6 Å². The average Bonchev–Trinajstić information content (AvgIpc) is 3.18. The maximum Gasteiger partial charge on any atom is 0.255 e. The van der Waals surface area contributed by atoms with Crippen LogP contribution >= 0.6 is 0 Å². The minimum Gasteiger partial charge on any atom is -0.507 e. The molecule has 0 aromatic heterocycles. The molecule has 2 N–H and O–H groups in total. The minimum atomic E-state index is -0.256. The van der Waals surface area contributed by atoms with Crippen LogP contribution in [0.25, 0.3) is 0 Å². The first-order valence-electron chi connectivity index (χ1n) is 12.1. The number of aromatic hydroxyl groups is 1. The zero-order chi connectivity index (χ0) is 22.4. The largest absolute Gasteiger partial charge is 0.507 e. The van der Waals surface area contributed by atoms with Gasteiger partial charge in [0, 0.05) is 24.6 Å². The second-order valence-electron chi connectivity index (χ2n) is 11.5. The Bertz CT molecular complexity index is 826. The SMILES string of the molecule is C[C@@H]1CC[C@@H]2[C@@H](C1)c1c(ccc(C(=O)NCC(C)(C)CN3CCCC3)c1O)OC2(C)C. The van der Waals surface area contributed by atoms with E-state index in [2.05, 4.69) is 44.8 Å². The van der Waals surface area contributed by atoms with Gasteiger partial charge in [-0.3, -0.25) is 4.79 Å². The molecule has 0 bridgehead atoms. The number of ether oxygens (including phenoxy) is 1. The summed E-state index contributed by atoms with van der Waals surface area (Å²) in [6.07, 6.45) is 5.86. The summed E-state index contributed by atoms with van der Waals surface area (Å²) < 4.78 is 6.33. The molecule has 1 saturated carbocycles. The van der Waals surface area contributed by atoms with E-state index in [1.807, 2.05) is 6.07 Å². The van der Waals surface area contributed by atoms with Crippen LogP contribution in [0.2, 0.25) is 0 Å². The maximum absolute atomic E-state index is 13.1. The van der Waals surface area contributed by atoms with Gasteiger partial charge in [0.1, 0.15) is 17.1 Å². The van der Waals surface area contributed by atoms with Crippen LogP contribution in [0.4, 0.5) is 0 Å². The van der Waals surface area contributed by atoms with Crippen molar-refractivity contribution in [1.82, 2.24) is 10.2 Å². The fourth-order valence-corrected chi connectivity index (χ4v) is 6.13. The molecule has 3 aliphatic rings. The summed E-state index contributed by atoms with van der Waals surface area (Å²) in [6, 6.07) is 3.61. The van der Waals surface area contributed by atoms with Gasteiger partial charge in [0.2, 0.25) is 0 Å². The van der Waals surface area contributed by atoms with Gasteiger partial charge in [-0.1, -0.05) is 27.2 Å². The van der Waals surface area contributed by atoms with Crippen molar-refractivity contribution in [1.29, 1.82) is 0 Å². The fourth-order valence-electron chi connectivity index (χ4n) is 6.13. The summed E-state index contributed by atoms with van der Waals surface area (Å²) in [5.74, 6) is 1.88. The van der Waals surface area contributed by atoms with Gasteiger partial charge in [-0.05, 0) is 82.0 Å². The van der Waals surface area contributed by atoms with Gasteiger partial charge in [0.05, 0.1) is 5.56 Å². The predicted octanol–water partition coefficient (Wildman–Crippen LogP) is 4.93. The Hall–Kier alpha value is -1.75. The van der Waals surface area contributed by atoms with E-state index in [-0.39, 0.29) is 28.6 Å². The molecule has 0 radical (unpaired) electrons. The van der Waals surface area contributed by atoms with E-state index in [0.717, 1.165) is 43.8 Å². The third kappa shape index (κ3) is 4.57. The molecular formula is C26H40N2O3. The number of nitrogens with zero attached hydrogens (tertiary/aromatic N) is 1. The van der Waals surface area contributed by atoms with Gasteiger partial charge in [0.25, 0.3) is 5.91 Å². The summed E-state index contributed by atoms with van der Waals surface area (Å²) in [4.78, 5) is 15.5. The number of fused-ring (bicyclic) bond motifs is 3. The monoisotopic (exact) mass is 428 g/mol. The number of rotatable bonds is 5. The zero-order valence-corrected chi connectivity index (χ0v) is 20.0. The minimum absolute atomic E-state index is 0.0130. The highest BCUT2D eigenvalue weighted by Crippen LogP contribution is 2.55. The second-order valence-corrected chi connectivity index (χ2v) is 11.5. The topological polar surface area (TPSA) is 61.8 Å². The van der Waals surface area contributed by atoms with Crippen molar-refractivity contribution in [3.05, 3.63) is 23.3 Å². The van der Waals surface area contributed by atoms with Crippen LogP contribution in [-0.4, -0.2) is 47.7 Å². The summed E-state index contributed by atoms with van der Waals surface area (Å²) in [5, 5.41) is 14.3. The molecule has 31 heavy (non-hydrogen) atoms. The summed E-state index contributed by atoms with van der Waals surface area (Å²) in [7, 11) is 0. The quantitative estimate of drug-likeness (QED) is 0.698. The number of amides is 1. The smallest absolute Gasteiger partial charge is 0.255 e. The van der Waals surface area contributed by atoms with Crippen molar-refractivity contribution >= 4 is 5.91 Å². The molecule has 1 saturated heterocycles. The van der Waals surface area contributed by atoms with E-state index in [1.165, 1.54) is 19.3 Å². The molecular weight excluding hydrogens is 388 g/mol. The van der Waals surface area contributed by atoms with Crippen LogP contribution in [0.5, 0.6) is 11.5 Å². The Labute approximate surface area is 187 Å². The van der Waals surface area contributed by atoms with E-state index in [9.17, 15) is 9.90 Å². The standard InChI is InChI=1S/C26H40N2O3/c1-17-8-10-20-19(14-17)22-21(31-26(20,4)5)11-9-18(23(22)29)24(30)27-15-25(2,3)16-28-12-6-7-13-28/h9,11,17,19-20,29H,6-8,10,12-16H2,1-5H3,(H,27,30)/t17-,19-,20-/m1/s1. The molecule has 3 atom stereocenters. The first-order valence-corrected chi connectivity index (χ1v) is 12.1. The highest BCUT2D eigenvalue weighted by Gasteiger charge is 2.47. The molecule has 4 rings (SSSR count). The van der Waals surface area contributed by atoms with Crippen LogP contribution in [0, 0.1) is 17.3 Å². The van der Waals surface area contributed by atoms with Crippen LogP contribution in [0.3, 0.4) is 0 Å². The molecule has 2 heterocycles. The molecule has 2 aliphatic heterocycles. The fraction of sp³-hybridized carbons (Fsp3) is 0.731. The average molecular weight is 429 g/mol. The second kappa shape index (κ2) is 8.31. The summed E-state index contributed by atoms with van der Waals surface area (Å²) >= 11 is 0. The highest BCUT2D eigenvalue weighted by molar-refractivity contribution is 5.97. The Morgan fingerprint density at radius 3 is 2.68 bits per heavy atom. The van der Waals surface area contributed by atoms with Crippen molar-refractivity contribution in [3.8, 4) is 11.5 Å². The van der Waals surface area contributed by atoms with Crippen molar-refractivity contribution in [2.75, 3.05) is 26.2 Å². The molecule has 172 valence electrons. The van der Waals surface area contributed by atoms with Gasteiger partial charge < -0.3 is 20.1 Å². The molecule has 0 spiro atoms. The molecule has 1 aliphatic carbocycles. The number of phenolic OH excluding ortho intramolecular Hbond substituents is 1. The summed E-state index contributed by atoms with van der Waals surface area (Å²) in [5.41, 5.74) is 0.949. The maximum atomic E-state index is 13.1. The van der Waals surface area contributed by atoms with Gasteiger partial charge in [-0.15, -0.1) is 0 Å². The Balaban J connectivity index is 1.52. The van der Waals surface area contributed by atoms with E-state index in [0.29, 0.717) is 23.9 Å². The predicted molar refractivity (Wildman–Crippen MR) is 124 cm³/mol. The van der Waals surface area contributed by atoms with Crippen LogP contribution in [0.15, 0.2) is 12.1 Å².